The molecule has 3 atom stereocenters. The lowest BCUT2D eigenvalue weighted by atomic mass is 9.99. The molecule has 1 saturated heterocycles. The number of carbonyl (C=O) groups is 3. The fourth-order valence-electron chi connectivity index (χ4n) is 5.73. The average Bonchev–Trinajstić information content (AvgIpc) is 3.13. The lowest BCUT2D eigenvalue weighted by Gasteiger charge is -2.36. The van der Waals surface area contributed by atoms with Crippen molar-refractivity contribution < 1.29 is 39.2 Å². The van der Waals surface area contributed by atoms with E-state index in [1.807, 2.05) is 84.9 Å². The van der Waals surface area contributed by atoms with Crippen molar-refractivity contribution in [1.29, 1.82) is 0 Å². The van der Waals surface area contributed by atoms with Gasteiger partial charge in [0.05, 0.1) is 24.4 Å². The van der Waals surface area contributed by atoms with Gasteiger partial charge in [-0.3, -0.25) is 9.59 Å². The zero-order valence-corrected chi connectivity index (χ0v) is 27.9. The topological polar surface area (TPSA) is 142 Å². The zero-order chi connectivity index (χ0) is 34.6. The smallest absolute Gasteiger partial charge is 0.336 e. The number of aliphatic carboxylic acids is 1. The molecule has 0 saturated carbocycles. The lowest BCUT2D eigenvalue weighted by Crippen LogP contribution is -2.31. The predicted molar refractivity (Wildman–Crippen MR) is 187 cm³/mol. The molecule has 10 heteroatoms. The highest BCUT2D eigenvalue weighted by Crippen LogP contribution is 2.40. The van der Waals surface area contributed by atoms with Crippen molar-refractivity contribution in [3.63, 3.8) is 0 Å². The molecule has 1 aliphatic heterocycles. The standard InChI is InChI=1S/C39H41NO8S/c41-24-26-16-18-28(19-17-26)34-22-32(25-49-35-13-5-4-12-33(35)38(45)46)47-39(48-34)31-11-7-10-30(21-31)29-9-6-8-27(20-29)23-40-36(42)14-2-1-3-15-37(43)44/h4-13,16-21,32,34,39,41H,1-3,14-15,22-25H2,(H,40,42)(H,43,44)(H,45,46)/t32-,34+,39+/m0/s1. The molecule has 0 bridgehead atoms. The second kappa shape index (κ2) is 17.8. The van der Waals surface area contributed by atoms with Crippen LogP contribution in [-0.4, -0.2) is 45.0 Å². The van der Waals surface area contributed by atoms with Crippen molar-refractivity contribution in [1.82, 2.24) is 5.32 Å². The number of carboxylic acid groups (broad SMARTS) is 2. The van der Waals surface area contributed by atoms with Crippen molar-refractivity contribution in [3.8, 4) is 11.1 Å². The molecule has 4 aromatic carbocycles. The highest BCUT2D eigenvalue weighted by Gasteiger charge is 2.32. The summed E-state index contributed by atoms with van der Waals surface area (Å²) in [7, 11) is 0. The van der Waals surface area contributed by atoms with Gasteiger partial charge in [-0.15, -0.1) is 11.8 Å². The summed E-state index contributed by atoms with van der Waals surface area (Å²) in [6.07, 6.45) is 1.80. The summed E-state index contributed by atoms with van der Waals surface area (Å²) in [5, 5.41) is 30.9. The maximum absolute atomic E-state index is 12.4. The fraction of sp³-hybridized carbons (Fsp3) is 0.308. The van der Waals surface area contributed by atoms with Gasteiger partial charge in [-0.2, -0.15) is 0 Å². The van der Waals surface area contributed by atoms with Crippen LogP contribution in [0, 0.1) is 0 Å². The molecule has 1 heterocycles. The second-order valence-corrected chi connectivity index (χ2v) is 13.1. The summed E-state index contributed by atoms with van der Waals surface area (Å²) in [6.45, 7) is 0.341. The van der Waals surface area contributed by atoms with Gasteiger partial charge in [0.1, 0.15) is 0 Å². The van der Waals surface area contributed by atoms with Gasteiger partial charge in [0, 0.05) is 42.0 Å². The van der Waals surface area contributed by atoms with Gasteiger partial charge in [-0.05, 0) is 64.9 Å². The summed E-state index contributed by atoms with van der Waals surface area (Å²) >= 11 is 1.45. The summed E-state index contributed by atoms with van der Waals surface area (Å²) in [4.78, 5) is 35.5. The number of thioether (sulfide) groups is 1. The molecule has 4 N–H and O–H groups in total. The third-order valence-electron chi connectivity index (χ3n) is 8.36. The van der Waals surface area contributed by atoms with Crippen LogP contribution in [-0.2, 0) is 32.2 Å². The van der Waals surface area contributed by atoms with Crippen molar-refractivity contribution in [2.24, 2.45) is 0 Å². The summed E-state index contributed by atoms with van der Waals surface area (Å²) in [5.41, 5.74) is 5.78. The Labute approximate surface area is 290 Å². The van der Waals surface area contributed by atoms with E-state index in [-0.39, 0.29) is 36.7 Å². The Morgan fingerprint density at radius 1 is 0.755 bits per heavy atom. The van der Waals surface area contributed by atoms with Gasteiger partial charge in [-0.25, -0.2) is 4.79 Å². The number of benzene rings is 4. The first-order valence-corrected chi connectivity index (χ1v) is 17.4. The largest absolute Gasteiger partial charge is 0.481 e. The predicted octanol–water partition coefficient (Wildman–Crippen LogP) is 7.53. The Kier molecular flexibility index (Phi) is 13.0. The minimum Gasteiger partial charge on any atom is -0.481 e. The number of carbonyl (C=O) groups excluding carboxylic acids is 1. The third-order valence-corrected chi connectivity index (χ3v) is 9.57. The second-order valence-electron chi connectivity index (χ2n) is 12.0. The quantitative estimate of drug-likeness (QED) is 0.0696. The van der Waals surface area contributed by atoms with E-state index in [0.717, 1.165) is 33.4 Å². The van der Waals surface area contributed by atoms with Crippen molar-refractivity contribution in [2.75, 3.05) is 5.75 Å². The van der Waals surface area contributed by atoms with E-state index in [9.17, 15) is 24.6 Å². The number of ether oxygens (including phenoxy) is 2. The molecule has 1 fully saturated rings. The van der Waals surface area contributed by atoms with Crippen molar-refractivity contribution in [2.45, 2.75) is 75.1 Å². The molecule has 0 radical (unpaired) electrons. The average molecular weight is 684 g/mol. The molecule has 1 aliphatic rings. The van der Waals surface area contributed by atoms with E-state index in [1.165, 1.54) is 11.8 Å². The number of hydrogen-bond donors (Lipinski definition) is 4. The minimum absolute atomic E-state index is 0.0453. The molecule has 9 nitrogen and oxygen atoms in total. The van der Waals surface area contributed by atoms with E-state index in [2.05, 4.69) is 5.32 Å². The summed E-state index contributed by atoms with van der Waals surface area (Å²) < 4.78 is 13.1. The van der Waals surface area contributed by atoms with Gasteiger partial charge in [0.2, 0.25) is 5.91 Å². The number of aliphatic hydroxyl groups excluding tert-OH is 1. The van der Waals surface area contributed by atoms with Crippen LogP contribution in [0.2, 0.25) is 0 Å². The van der Waals surface area contributed by atoms with E-state index < -0.39 is 18.2 Å². The summed E-state index contributed by atoms with van der Waals surface area (Å²) in [5.74, 6) is -1.31. The summed E-state index contributed by atoms with van der Waals surface area (Å²) in [6, 6.07) is 30.6. The Bertz CT molecular complexity index is 1730. The number of unbranched alkanes of at least 4 members (excludes halogenated alkanes) is 2. The monoisotopic (exact) mass is 683 g/mol. The molecule has 5 rings (SSSR count). The molecule has 0 aliphatic carbocycles. The Hall–Kier alpha value is -4.48. The van der Waals surface area contributed by atoms with Crippen LogP contribution < -0.4 is 5.32 Å². The molecule has 0 spiro atoms. The van der Waals surface area contributed by atoms with E-state index >= 15 is 0 Å². The Balaban J connectivity index is 1.28. The van der Waals surface area contributed by atoms with Crippen LogP contribution in [0.1, 0.15) is 83.5 Å². The number of amides is 1. The van der Waals surface area contributed by atoms with Crippen LogP contribution in [0.5, 0.6) is 0 Å². The first-order valence-electron chi connectivity index (χ1n) is 16.4. The van der Waals surface area contributed by atoms with Crippen molar-refractivity contribution in [3.05, 3.63) is 125 Å². The molecule has 4 aromatic rings. The molecule has 0 unspecified atom stereocenters. The van der Waals surface area contributed by atoms with Crippen LogP contribution >= 0.6 is 11.8 Å². The van der Waals surface area contributed by atoms with E-state index in [4.69, 9.17) is 14.6 Å². The van der Waals surface area contributed by atoms with Crippen LogP contribution in [0.4, 0.5) is 0 Å². The van der Waals surface area contributed by atoms with Crippen LogP contribution in [0.3, 0.4) is 0 Å². The number of nitrogens with one attached hydrogen (secondary N) is 1. The highest BCUT2D eigenvalue weighted by molar-refractivity contribution is 7.99. The van der Waals surface area contributed by atoms with Gasteiger partial charge in [-0.1, -0.05) is 79.2 Å². The van der Waals surface area contributed by atoms with Gasteiger partial charge >= 0.3 is 11.9 Å². The normalized spacial score (nSPS) is 17.4. The van der Waals surface area contributed by atoms with Gasteiger partial charge < -0.3 is 30.1 Å². The molecule has 49 heavy (non-hydrogen) atoms. The minimum atomic E-state index is -0.969. The first-order chi connectivity index (χ1) is 23.8. The number of aliphatic hydroxyl groups is 1. The maximum atomic E-state index is 12.4. The Morgan fingerprint density at radius 3 is 2.24 bits per heavy atom. The maximum Gasteiger partial charge on any atom is 0.336 e. The van der Waals surface area contributed by atoms with Crippen molar-refractivity contribution >= 4 is 29.6 Å². The van der Waals surface area contributed by atoms with E-state index in [1.54, 1.807) is 12.1 Å². The Morgan fingerprint density at radius 2 is 1.49 bits per heavy atom. The molecule has 1 amide bonds. The fourth-order valence-corrected chi connectivity index (χ4v) is 6.79. The number of hydrogen-bond acceptors (Lipinski definition) is 7. The van der Waals surface area contributed by atoms with Gasteiger partial charge in [0.25, 0.3) is 0 Å². The molecule has 0 aromatic heterocycles. The van der Waals surface area contributed by atoms with Crippen LogP contribution in [0.15, 0.2) is 102 Å². The van der Waals surface area contributed by atoms with Crippen LogP contribution in [0.25, 0.3) is 11.1 Å². The number of carboxylic acids is 2. The molecule has 256 valence electrons. The molecular weight excluding hydrogens is 642 g/mol. The SMILES string of the molecule is O=C(O)CCCCCC(=O)NCc1cccc(-c2cccc([C@@H]3O[C@H](CSc4ccccc4C(=O)O)C[C@H](c4ccc(CO)cc4)O3)c2)c1. The van der Waals surface area contributed by atoms with E-state index in [0.29, 0.717) is 49.3 Å². The number of aromatic carboxylic acids is 1. The van der Waals surface area contributed by atoms with Gasteiger partial charge in [0.15, 0.2) is 6.29 Å². The zero-order valence-electron chi connectivity index (χ0n) is 27.1. The highest BCUT2D eigenvalue weighted by atomic mass is 32.2. The molecular formula is C39H41NO8S. The first kappa shape index (κ1) is 35.8. The third kappa shape index (κ3) is 10.5. The lowest BCUT2D eigenvalue weighted by molar-refractivity contribution is -0.245. The number of rotatable bonds is 16.